The Morgan fingerprint density at radius 1 is 0.729 bits per heavy atom. The zero-order valence-corrected chi connectivity index (χ0v) is 27.2. The maximum Gasteiger partial charge on any atom is 0.149 e. The average molecular weight is 631 g/mol. The molecule has 48 heavy (non-hydrogen) atoms. The first-order chi connectivity index (χ1) is 23.5. The fraction of sp³-hybridized carbons (Fsp3) is 0.125. The summed E-state index contributed by atoms with van der Waals surface area (Å²) in [6, 6.07) is 35.1. The molecule has 8 heteroatoms. The third kappa shape index (κ3) is 5.08. The summed E-state index contributed by atoms with van der Waals surface area (Å²) < 4.78 is 18.4. The maximum atomic E-state index is 6.70. The first-order valence-corrected chi connectivity index (χ1v) is 16.0. The lowest BCUT2D eigenvalue weighted by atomic mass is 10.0. The van der Waals surface area contributed by atoms with Gasteiger partial charge in [0.25, 0.3) is 0 Å². The highest BCUT2D eigenvalue weighted by molar-refractivity contribution is 6.09. The fourth-order valence-electron chi connectivity index (χ4n) is 6.43. The molecule has 0 bridgehead atoms. The first kappa shape index (κ1) is 29.3. The topological polar surface area (TPSA) is 71.9 Å². The van der Waals surface area contributed by atoms with Gasteiger partial charge in [0, 0.05) is 53.1 Å². The number of methoxy groups -OCH3 is 1. The molecule has 0 saturated carbocycles. The van der Waals surface area contributed by atoms with E-state index >= 15 is 0 Å². The number of rotatable bonds is 8. The number of benzene rings is 4. The van der Waals surface area contributed by atoms with Crippen molar-refractivity contribution in [3.05, 3.63) is 139 Å². The van der Waals surface area contributed by atoms with Crippen LogP contribution < -0.4 is 9.47 Å². The lowest BCUT2D eigenvalue weighted by Crippen LogP contribution is -2.06. The van der Waals surface area contributed by atoms with Gasteiger partial charge in [0.05, 0.1) is 29.5 Å². The van der Waals surface area contributed by atoms with Crippen LogP contribution in [0.25, 0.3) is 50.3 Å². The minimum Gasteiger partial charge on any atom is -0.497 e. The molecule has 0 spiro atoms. The molecule has 0 radical (unpaired) electrons. The van der Waals surface area contributed by atoms with Gasteiger partial charge in [-0.15, -0.1) is 0 Å². The van der Waals surface area contributed by atoms with Crippen LogP contribution in [0.2, 0.25) is 0 Å². The maximum absolute atomic E-state index is 6.70. The minimum atomic E-state index is 0.262. The van der Waals surface area contributed by atoms with Gasteiger partial charge in [-0.25, -0.2) is 14.6 Å². The average Bonchev–Trinajstić information content (AvgIpc) is 3.84. The predicted octanol–water partition coefficient (Wildman–Crippen LogP) is 9.45. The highest BCUT2D eigenvalue weighted by Crippen LogP contribution is 2.38. The lowest BCUT2D eigenvalue weighted by molar-refractivity contribution is 0.414. The van der Waals surface area contributed by atoms with E-state index in [0.717, 1.165) is 78.8 Å². The summed E-state index contributed by atoms with van der Waals surface area (Å²) in [6.45, 7) is 6.43. The van der Waals surface area contributed by atoms with Crippen LogP contribution in [0.4, 0.5) is 0 Å². The molecule has 0 aliphatic rings. The molecule has 236 valence electrons. The zero-order valence-electron chi connectivity index (χ0n) is 27.2. The smallest absolute Gasteiger partial charge is 0.149 e. The third-order valence-electron chi connectivity index (χ3n) is 8.74. The molecular weight excluding hydrogens is 596 g/mol. The number of hydrogen-bond acceptors (Lipinski definition) is 5. The van der Waals surface area contributed by atoms with E-state index in [9.17, 15) is 0 Å². The van der Waals surface area contributed by atoms with E-state index < -0.39 is 0 Å². The van der Waals surface area contributed by atoms with Crippen molar-refractivity contribution in [2.24, 2.45) is 0 Å². The van der Waals surface area contributed by atoms with Gasteiger partial charge in [0.15, 0.2) is 0 Å². The molecule has 0 amide bonds. The molecule has 0 unspecified atom stereocenters. The van der Waals surface area contributed by atoms with E-state index in [4.69, 9.17) is 19.6 Å². The van der Waals surface area contributed by atoms with Crippen molar-refractivity contribution in [2.45, 2.75) is 26.7 Å². The van der Waals surface area contributed by atoms with Crippen molar-refractivity contribution in [1.82, 2.24) is 28.9 Å². The number of para-hydroxylation sites is 1. The number of aryl methyl sites for hydroxylation is 1. The van der Waals surface area contributed by atoms with Gasteiger partial charge >= 0.3 is 0 Å². The van der Waals surface area contributed by atoms with Gasteiger partial charge in [-0.3, -0.25) is 9.13 Å². The van der Waals surface area contributed by atoms with E-state index in [0.29, 0.717) is 0 Å². The second-order valence-corrected chi connectivity index (χ2v) is 12.1. The molecular formula is C40H34N6O2. The number of ether oxygens (including phenoxy) is 2. The number of imidazole rings is 1. The molecule has 8 aromatic rings. The Bertz CT molecular complexity index is 2400. The summed E-state index contributed by atoms with van der Waals surface area (Å²) in [7, 11) is 1.67. The summed E-state index contributed by atoms with van der Waals surface area (Å²) in [5.41, 5.74) is 7.17. The molecule has 0 N–H and O–H groups in total. The summed E-state index contributed by atoms with van der Waals surface area (Å²) >= 11 is 0. The SMILES string of the molecule is COc1ccnc(-n2c3ccccc3c3ccc(Oc4cc(C(C)C)cc(-n5nc(C)c(-c6ccccc6)c5-n5ccnc5)c4)cc32)c1. The van der Waals surface area contributed by atoms with E-state index in [2.05, 4.69) is 103 Å². The number of hydrogen-bond donors (Lipinski definition) is 0. The van der Waals surface area contributed by atoms with Crippen LogP contribution in [0, 0.1) is 6.92 Å². The molecule has 8 nitrogen and oxygen atoms in total. The highest BCUT2D eigenvalue weighted by atomic mass is 16.5. The number of pyridine rings is 1. The number of nitrogens with zero attached hydrogens (tertiary/aromatic N) is 6. The van der Waals surface area contributed by atoms with Crippen molar-refractivity contribution in [3.8, 4) is 45.7 Å². The Kier molecular flexibility index (Phi) is 7.25. The van der Waals surface area contributed by atoms with Crippen LogP contribution in [-0.4, -0.2) is 36.0 Å². The molecule has 0 atom stereocenters. The standard InChI is InChI=1S/C40H34N6O2/c1-26(2)29-20-30(46-40(44-19-18-41-25-44)39(27(3)43-46)28-10-6-5-7-11-28)22-33(21-29)48-32-14-15-35-34-12-8-9-13-36(34)45(37(35)23-32)38-24-31(47-4)16-17-42-38/h5-26H,1-4H3. The molecule has 8 rings (SSSR count). The third-order valence-corrected chi connectivity index (χ3v) is 8.74. The largest absolute Gasteiger partial charge is 0.497 e. The Labute approximate surface area is 278 Å². The minimum absolute atomic E-state index is 0.262. The molecule has 0 fully saturated rings. The van der Waals surface area contributed by atoms with Crippen LogP contribution in [0.5, 0.6) is 17.2 Å². The molecule has 0 aliphatic carbocycles. The van der Waals surface area contributed by atoms with Gasteiger partial charge in [-0.2, -0.15) is 5.10 Å². The second-order valence-electron chi connectivity index (χ2n) is 12.1. The van der Waals surface area contributed by atoms with Crippen LogP contribution in [-0.2, 0) is 0 Å². The van der Waals surface area contributed by atoms with Crippen molar-refractivity contribution < 1.29 is 9.47 Å². The predicted molar refractivity (Wildman–Crippen MR) is 190 cm³/mol. The zero-order chi connectivity index (χ0) is 32.8. The van der Waals surface area contributed by atoms with E-state index in [1.165, 1.54) is 0 Å². The molecule has 4 heterocycles. The Morgan fingerprint density at radius 3 is 2.33 bits per heavy atom. The monoisotopic (exact) mass is 630 g/mol. The highest BCUT2D eigenvalue weighted by Gasteiger charge is 2.21. The Hall–Kier alpha value is -6.15. The molecule has 0 saturated heterocycles. The van der Waals surface area contributed by atoms with Crippen LogP contribution >= 0.6 is 0 Å². The quantitative estimate of drug-likeness (QED) is 0.167. The van der Waals surface area contributed by atoms with Gasteiger partial charge in [-0.05, 0) is 60.4 Å². The lowest BCUT2D eigenvalue weighted by Gasteiger charge is -2.16. The van der Waals surface area contributed by atoms with Crippen molar-refractivity contribution in [2.75, 3.05) is 7.11 Å². The van der Waals surface area contributed by atoms with Gasteiger partial charge in [0.1, 0.15) is 35.2 Å². The van der Waals surface area contributed by atoms with Crippen LogP contribution in [0.15, 0.2) is 128 Å². The summed E-state index contributed by atoms with van der Waals surface area (Å²) in [5.74, 6) is 4.15. The van der Waals surface area contributed by atoms with Gasteiger partial charge in [-0.1, -0.05) is 62.4 Å². The fourth-order valence-corrected chi connectivity index (χ4v) is 6.43. The van der Waals surface area contributed by atoms with Gasteiger partial charge in [0.2, 0.25) is 0 Å². The number of aromatic nitrogens is 6. The van der Waals surface area contributed by atoms with Crippen LogP contribution in [0.3, 0.4) is 0 Å². The Morgan fingerprint density at radius 2 is 1.54 bits per heavy atom. The van der Waals surface area contributed by atoms with Gasteiger partial charge < -0.3 is 9.47 Å². The molecule has 0 aliphatic heterocycles. The summed E-state index contributed by atoms with van der Waals surface area (Å²) in [4.78, 5) is 9.07. The van der Waals surface area contributed by atoms with Crippen LogP contribution in [0.1, 0.15) is 31.0 Å². The second kappa shape index (κ2) is 11.9. The van der Waals surface area contributed by atoms with Crippen molar-refractivity contribution >= 4 is 21.8 Å². The molecule has 4 aromatic heterocycles. The van der Waals surface area contributed by atoms with E-state index in [1.54, 1.807) is 19.5 Å². The molecule has 4 aromatic carbocycles. The van der Waals surface area contributed by atoms with E-state index in [1.807, 2.05) is 52.1 Å². The van der Waals surface area contributed by atoms with Crippen molar-refractivity contribution in [3.63, 3.8) is 0 Å². The normalized spacial score (nSPS) is 11.5. The summed E-state index contributed by atoms with van der Waals surface area (Å²) in [5, 5.41) is 7.34. The number of fused-ring (bicyclic) bond motifs is 3. The first-order valence-electron chi connectivity index (χ1n) is 16.0. The van der Waals surface area contributed by atoms with Crippen molar-refractivity contribution in [1.29, 1.82) is 0 Å². The Balaban J connectivity index is 1.27. The van der Waals surface area contributed by atoms with E-state index in [-0.39, 0.29) is 5.92 Å². The summed E-state index contributed by atoms with van der Waals surface area (Å²) in [6.07, 6.45) is 7.33.